The Labute approximate surface area is 243 Å². The number of methoxy groups -OCH3 is 2. The standard InChI is InChI=1S/C30H25N3O6S2/c1-38-19-14-12-17(13-15-19)31-22(34)16-32-29-26(41-30(32)37)23(20-10-6-7-11-21(20)39-2)24-25(40-29)28(36)33(27(24)35)18-8-4-3-5-9-18/h3-15,23-25H,16H2,1-2H3,(H,31,34)/t23-,24-,25+/m0/s1. The molecule has 4 aromatic rings. The first kappa shape index (κ1) is 26.9. The second-order valence-corrected chi connectivity index (χ2v) is 11.7. The zero-order valence-electron chi connectivity index (χ0n) is 22.1. The lowest BCUT2D eigenvalue weighted by Crippen LogP contribution is -2.33. The molecule has 1 fully saturated rings. The van der Waals surface area contributed by atoms with E-state index in [9.17, 15) is 19.2 Å². The van der Waals surface area contributed by atoms with Crippen LogP contribution in [0.2, 0.25) is 0 Å². The van der Waals surface area contributed by atoms with Gasteiger partial charge >= 0.3 is 4.87 Å². The van der Waals surface area contributed by atoms with E-state index in [0.717, 1.165) is 11.3 Å². The maximum atomic E-state index is 14.0. The van der Waals surface area contributed by atoms with Gasteiger partial charge < -0.3 is 14.8 Å². The Balaban J connectivity index is 1.41. The van der Waals surface area contributed by atoms with E-state index in [0.29, 0.717) is 38.3 Å². The van der Waals surface area contributed by atoms with Crippen molar-refractivity contribution in [3.8, 4) is 11.5 Å². The zero-order chi connectivity index (χ0) is 28.7. The van der Waals surface area contributed by atoms with Gasteiger partial charge in [0.2, 0.25) is 17.7 Å². The highest BCUT2D eigenvalue weighted by atomic mass is 32.2. The number of carbonyl (C=O) groups excluding carboxylic acids is 3. The van der Waals surface area contributed by atoms with E-state index in [2.05, 4.69) is 5.32 Å². The smallest absolute Gasteiger partial charge is 0.308 e. The lowest BCUT2D eigenvalue weighted by molar-refractivity contribution is -0.122. The Bertz CT molecular complexity index is 1700. The Morgan fingerprint density at radius 2 is 1.59 bits per heavy atom. The van der Waals surface area contributed by atoms with Gasteiger partial charge in [0.05, 0.1) is 30.9 Å². The van der Waals surface area contributed by atoms with Crippen LogP contribution in [0.15, 0.2) is 88.7 Å². The van der Waals surface area contributed by atoms with Crippen LogP contribution < -0.4 is 24.6 Å². The number of nitrogens with one attached hydrogen (secondary N) is 1. The number of fused-ring (bicyclic) bond motifs is 2. The first-order chi connectivity index (χ1) is 19.9. The topological polar surface area (TPSA) is 107 Å². The fraction of sp³-hybridized carbons (Fsp3) is 0.200. The van der Waals surface area contributed by atoms with Gasteiger partial charge in [0, 0.05) is 22.0 Å². The minimum Gasteiger partial charge on any atom is -0.497 e. The van der Waals surface area contributed by atoms with Crippen LogP contribution in [0.3, 0.4) is 0 Å². The molecule has 1 aromatic heterocycles. The summed E-state index contributed by atoms with van der Waals surface area (Å²) in [5, 5.41) is 2.54. The molecular weight excluding hydrogens is 562 g/mol. The maximum absolute atomic E-state index is 14.0. The quantitative estimate of drug-likeness (QED) is 0.320. The fourth-order valence-corrected chi connectivity index (χ4v) is 8.13. The number of amides is 3. The van der Waals surface area contributed by atoms with Crippen molar-refractivity contribution in [3.63, 3.8) is 0 Å². The molecule has 6 rings (SSSR count). The molecule has 2 aliphatic heterocycles. The molecule has 3 aromatic carbocycles. The Morgan fingerprint density at radius 3 is 2.29 bits per heavy atom. The molecule has 0 bridgehead atoms. The van der Waals surface area contributed by atoms with Gasteiger partial charge in [0.1, 0.15) is 23.3 Å². The third kappa shape index (κ3) is 4.70. The first-order valence-corrected chi connectivity index (χ1v) is 14.5. The Hall–Kier alpha value is -4.35. The van der Waals surface area contributed by atoms with Crippen molar-refractivity contribution in [2.75, 3.05) is 24.4 Å². The number of anilines is 2. The first-order valence-electron chi connectivity index (χ1n) is 12.8. The molecule has 0 aliphatic carbocycles. The van der Waals surface area contributed by atoms with Gasteiger partial charge in [0.25, 0.3) is 0 Å². The molecule has 41 heavy (non-hydrogen) atoms. The number of hydrogen-bond donors (Lipinski definition) is 1. The van der Waals surface area contributed by atoms with Gasteiger partial charge in [-0.1, -0.05) is 59.5 Å². The van der Waals surface area contributed by atoms with E-state index in [1.807, 2.05) is 24.3 Å². The number of thiazole rings is 1. The monoisotopic (exact) mass is 587 g/mol. The highest BCUT2D eigenvalue weighted by molar-refractivity contribution is 8.00. The number of ether oxygens (including phenoxy) is 2. The molecule has 0 spiro atoms. The maximum Gasteiger partial charge on any atom is 0.308 e. The van der Waals surface area contributed by atoms with Crippen LogP contribution in [-0.2, 0) is 20.9 Å². The summed E-state index contributed by atoms with van der Waals surface area (Å²) in [6.45, 7) is -0.246. The SMILES string of the molecule is COc1ccc(NC(=O)Cn2c3c(sc2=O)[C@@H](c2ccccc2OC)[C@@H]2C(=O)N(c4ccccc4)C(=O)[C@@H]2S3)cc1. The fourth-order valence-electron chi connectivity index (χ4n) is 5.36. The minimum atomic E-state index is -0.782. The van der Waals surface area contributed by atoms with Crippen molar-refractivity contribution in [2.45, 2.75) is 22.7 Å². The molecule has 3 atom stereocenters. The molecule has 11 heteroatoms. The van der Waals surface area contributed by atoms with E-state index in [4.69, 9.17) is 9.47 Å². The van der Waals surface area contributed by atoms with Gasteiger partial charge in [-0.3, -0.25) is 23.7 Å². The summed E-state index contributed by atoms with van der Waals surface area (Å²) in [6, 6.07) is 23.0. The van der Waals surface area contributed by atoms with Gasteiger partial charge in [-0.15, -0.1) is 0 Å². The second kappa shape index (κ2) is 10.9. The van der Waals surface area contributed by atoms with Crippen LogP contribution in [0.4, 0.5) is 11.4 Å². The Morgan fingerprint density at radius 1 is 0.878 bits per heavy atom. The highest BCUT2D eigenvalue weighted by Gasteiger charge is 2.57. The number of thioether (sulfide) groups is 1. The molecule has 208 valence electrons. The Kier molecular flexibility index (Phi) is 7.14. The number of para-hydroxylation sites is 2. The van der Waals surface area contributed by atoms with Crippen molar-refractivity contribution in [3.05, 3.63) is 99.0 Å². The molecule has 3 heterocycles. The van der Waals surface area contributed by atoms with Crippen LogP contribution >= 0.6 is 23.1 Å². The largest absolute Gasteiger partial charge is 0.497 e. The number of nitrogens with zero attached hydrogens (tertiary/aromatic N) is 2. The third-order valence-electron chi connectivity index (χ3n) is 7.21. The highest BCUT2D eigenvalue weighted by Crippen LogP contribution is 2.55. The van der Waals surface area contributed by atoms with Crippen molar-refractivity contribution >= 4 is 52.2 Å². The molecule has 2 aliphatic rings. The van der Waals surface area contributed by atoms with E-state index < -0.39 is 23.0 Å². The van der Waals surface area contributed by atoms with Crippen molar-refractivity contribution < 1.29 is 23.9 Å². The molecule has 9 nitrogen and oxygen atoms in total. The molecule has 3 amide bonds. The van der Waals surface area contributed by atoms with E-state index in [-0.39, 0.29) is 23.2 Å². The van der Waals surface area contributed by atoms with Crippen LogP contribution in [0, 0.1) is 5.92 Å². The summed E-state index contributed by atoms with van der Waals surface area (Å²) in [4.78, 5) is 55.7. The van der Waals surface area contributed by atoms with Crippen molar-refractivity contribution in [2.24, 2.45) is 5.92 Å². The average Bonchev–Trinajstić information content (AvgIpc) is 3.44. The molecule has 0 unspecified atom stereocenters. The number of hydrogen-bond acceptors (Lipinski definition) is 8. The molecule has 0 radical (unpaired) electrons. The lowest BCUT2D eigenvalue weighted by atomic mass is 9.82. The summed E-state index contributed by atoms with van der Waals surface area (Å²) in [7, 11) is 3.10. The van der Waals surface area contributed by atoms with E-state index >= 15 is 0 Å². The number of benzene rings is 3. The lowest BCUT2D eigenvalue weighted by Gasteiger charge is -2.31. The summed E-state index contributed by atoms with van der Waals surface area (Å²) < 4.78 is 12.2. The summed E-state index contributed by atoms with van der Waals surface area (Å²) in [5.74, 6) is -1.23. The number of rotatable bonds is 7. The number of imide groups is 1. The average molecular weight is 588 g/mol. The van der Waals surface area contributed by atoms with Crippen molar-refractivity contribution in [1.29, 1.82) is 0 Å². The molecule has 1 N–H and O–H groups in total. The number of aromatic nitrogens is 1. The normalized spacial score (nSPS) is 19.5. The predicted octanol–water partition coefficient (Wildman–Crippen LogP) is 4.36. The minimum absolute atomic E-state index is 0.246. The summed E-state index contributed by atoms with van der Waals surface area (Å²) in [5.41, 5.74) is 1.76. The van der Waals surface area contributed by atoms with Crippen LogP contribution in [0.5, 0.6) is 11.5 Å². The molecular formula is C30H25N3O6S2. The molecule has 0 saturated carbocycles. The summed E-state index contributed by atoms with van der Waals surface area (Å²) >= 11 is 2.17. The molecule has 1 saturated heterocycles. The van der Waals surface area contributed by atoms with Crippen LogP contribution in [0.1, 0.15) is 16.4 Å². The van der Waals surface area contributed by atoms with Gasteiger partial charge in [-0.05, 0) is 42.5 Å². The van der Waals surface area contributed by atoms with Crippen LogP contribution in [0.25, 0.3) is 0 Å². The third-order valence-corrected chi connectivity index (χ3v) is 9.82. The predicted molar refractivity (Wildman–Crippen MR) is 157 cm³/mol. The zero-order valence-corrected chi connectivity index (χ0v) is 23.7. The van der Waals surface area contributed by atoms with E-state index in [1.54, 1.807) is 68.8 Å². The van der Waals surface area contributed by atoms with Gasteiger partial charge in [-0.25, -0.2) is 4.90 Å². The summed E-state index contributed by atoms with van der Waals surface area (Å²) in [6.07, 6.45) is 0. The van der Waals surface area contributed by atoms with Gasteiger partial charge in [0.15, 0.2) is 0 Å². The second-order valence-electron chi connectivity index (χ2n) is 9.53. The van der Waals surface area contributed by atoms with Gasteiger partial charge in [-0.2, -0.15) is 0 Å². The number of carbonyl (C=O) groups is 3. The van der Waals surface area contributed by atoms with Crippen molar-refractivity contribution in [1.82, 2.24) is 4.57 Å². The van der Waals surface area contributed by atoms with E-state index in [1.165, 1.54) is 21.2 Å². The van der Waals surface area contributed by atoms with Crippen LogP contribution in [-0.4, -0.2) is 41.8 Å².